The lowest BCUT2D eigenvalue weighted by atomic mass is 10.0. The van der Waals surface area contributed by atoms with Crippen LogP contribution in [0.4, 0.5) is 0 Å². The van der Waals surface area contributed by atoms with Gasteiger partial charge in [-0.1, -0.05) is 48.0 Å². The van der Waals surface area contributed by atoms with Gasteiger partial charge in [-0.05, 0) is 49.1 Å². The molecule has 0 radical (unpaired) electrons. The van der Waals surface area contributed by atoms with E-state index in [-0.39, 0.29) is 5.91 Å². The third kappa shape index (κ3) is 2.83. The summed E-state index contributed by atoms with van der Waals surface area (Å²) in [7, 11) is 0. The third-order valence-electron chi connectivity index (χ3n) is 5.19. The van der Waals surface area contributed by atoms with Crippen molar-refractivity contribution in [2.24, 2.45) is 0 Å². The molecule has 4 rings (SSSR count). The molecule has 24 heavy (non-hydrogen) atoms. The van der Waals surface area contributed by atoms with Crippen LogP contribution >= 0.6 is 11.6 Å². The van der Waals surface area contributed by atoms with E-state index in [9.17, 15) is 4.79 Å². The van der Waals surface area contributed by atoms with Crippen LogP contribution in [0, 0.1) is 0 Å². The summed E-state index contributed by atoms with van der Waals surface area (Å²) < 4.78 is 0. The van der Waals surface area contributed by atoms with Crippen LogP contribution in [0.25, 0.3) is 11.1 Å². The predicted octanol–water partition coefficient (Wildman–Crippen LogP) is 3.97. The molecule has 0 aliphatic carbocycles. The topological polar surface area (TPSA) is 32.3 Å². The van der Waals surface area contributed by atoms with Crippen LogP contribution in [-0.4, -0.2) is 36.0 Å². The molecule has 0 saturated carbocycles. The Morgan fingerprint density at radius 1 is 1.00 bits per heavy atom. The Morgan fingerprint density at radius 3 is 2.62 bits per heavy atom. The van der Waals surface area contributed by atoms with Gasteiger partial charge in [0.15, 0.2) is 0 Å². The Labute approximate surface area is 147 Å². The first-order valence-corrected chi connectivity index (χ1v) is 9.00. The molecular weight excluding hydrogens is 320 g/mol. The van der Waals surface area contributed by atoms with Gasteiger partial charge in [0, 0.05) is 18.6 Å². The smallest absolute Gasteiger partial charge is 0.255 e. The minimum atomic E-state index is 0.0778. The average Bonchev–Trinajstić information content (AvgIpc) is 2.88. The second-order valence-electron chi connectivity index (χ2n) is 6.65. The average molecular weight is 341 g/mol. The van der Waals surface area contributed by atoms with Gasteiger partial charge in [-0.25, -0.2) is 0 Å². The summed E-state index contributed by atoms with van der Waals surface area (Å²) in [5, 5.41) is 3.98. The Kier molecular flexibility index (Phi) is 4.30. The van der Waals surface area contributed by atoms with Gasteiger partial charge in [-0.15, -0.1) is 0 Å². The van der Waals surface area contributed by atoms with Crippen molar-refractivity contribution in [3.63, 3.8) is 0 Å². The van der Waals surface area contributed by atoms with Crippen molar-refractivity contribution in [1.82, 2.24) is 10.2 Å². The minimum Gasteiger partial charge on any atom is -0.331 e. The molecule has 2 bridgehead atoms. The highest BCUT2D eigenvalue weighted by Gasteiger charge is 2.38. The first-order chi connectivity index (χ1) is 11.7. The summed E-state index contributed by atoms with van der Waals surface area (Å²) in [6.45, 7) is 1.88. The van der Waals surface area contributed by atoms with E-state index < -0.39 is 0 Å². The molecule has 1 amide bonds. The van der Waals surface area contributed by atoms with Gasteiger partial charge >= 0.3 is 0 Å². The quantitative estimate of drug-likeness (QED) is 0.897. The first-order valence-electron chi connectivity index (χ1n) is 8.62. The molecule has 2 aliphatic rings. The summed E-state index contributed by atoms with van der Waals surface area (Å²) in [5.41, 5.74) is 2.75. The fraction of sp³-hybridized carbons (Fsp3) is 0.350. The molecule has 3 nitrogen and oxygen atoms in total. The molecule has 4 heteroatoms. The number of carbonyl (C=O) groups is 1. The maximum Gasteiger partial charge on any atom is 0.255 e. The van der Waals surface area contributed by atoms with Crippen molar-refractivity contribution in [3.8, 4) is 11.1 Å². The molecule has 0 spiro atoms. The predicted molar refractivity (Wildman–Crippen MR) is 97.4 cm³/mol. The van der Waals surface area contributed by atoms with Gasteiger partial charge in [0.1, 0.15) is 0 Å². The highest BCUT2D eigenvalue weighted by atomic mass is 35.5. The molecule has 124 valence electrons. The second-order valence-corrected chi connectivity index (χ2v) is 7.06. The third-order valence-corrected chi connectivity index (χ3v) is 5.52. The summed E-state index contributed by atoms with van der Waals surface area (Å²) in [5.74, 6) is 0.0778. The maximum absolute atomic E-state index is 13.2. The van der Waals surface area contributed by atoms with Crippen molar-refractivity contribution >= 4 is 17.5 Å². The Balaban J connectivity index is 1.69. The number of benzene rings is 2. The molecule has 2 atom stereocenters. The molecule has 2 aromatic carbocycles. The molecule has 0 aromatic heterocycles. The summed E-state index contributed by atoms with van der Waals surface area (Å²) in [4.78, 5) is 15.3. The molecule has 2 unspecified atom stereocenters. The van der Waals surface area contributed by atoms with E-state index in [0.717, 1.165) is 43.5 Å². The maximum atomic E-state index is 13.2. The van der Waals surface area contributed by atoms with Crippen molar-refractivity contribution in [2.75, 3.05) is 13.1 Å². The number of amides is 1. The number of nitrogens with zero attached hydrogens (tertiary/aromatic N) is 1. The van der Waals surface area contributed by atoms with Gasteiger partial charge < -0.3 is 10.2 Å². The van der Waals surface area contributed by atoms with Crippen molar-refractivity contribution in [2.45, 2.75) is 31.3 Å². The number of carbonyl (C=O) groups excluding carboxylic acids is 1. The summed E-state index contributed by atoms with van der Waals surface area (Å²) in [6, 6.07) is 16.5. The van der Waals surface area contributed by atoms with Crippen LogP contribution in [0.1, 0.15) is 29.6 Å². The molecule has 1 N–H and O–H groups in total. The largest absolute Gasteiger partial charge is 0.331 e. The highest BCUT2D eigenvalue weighted by molar-refractivity contribution is 6.34. The zero-order valence-corrected chi connectivity index (χ0v) is 14.3. The van der Waals surface area contributed by atoms with E-state index in [0.29, 0.717) is 22.7 Å². The van der Waals surface area contributed by atoms with Gasteiger partial charge in [0.25, 0.3) is 5.91 Å². The van der Waals surface area contributed by atoms with Crippen LogP contribution in [0.5, 0.6) is 0 Å². The van der Waals surface area contributed by atoms with Gasteiger partial charge in [-0.2, -0.15) is 0 Å². The lowest BCUT2D eigenvalue weighted by molar-refractivity contribution is 0.0680. The lowest BCUT2D eigenvalue weighted by Gasteiger charge is -2.28. The second kappa shape index (κ2) is 6.58. The first kappa shape index (κ1) is 15.7. The van der Waals surface area contributed by atoms with Gasteiger partial charge in [0.2, 0.25) is 0 Å². The normalized spacial score (nSPS) is 23.1. The highest BCUT2D eigenvalue weighted by Crippen LogP contribution is 2.32. The standard InChI is InChI=1S/C20H21ClN2O/c21-19-9-6-15(14-4-2-1-3-5-14)12-18(19)20(24)23-16-7-8-17(23)13-22-11-10-16/h1-6,9,12,16-17,22H,7-8,10-11,13H2. The van der Waals surface area contributed by atoms with Crippen LogP contribution < -0.4 is 5.32 Å². The SMILES string of the molecule is O=C(c1cc(-c2ccccc2)ccc1Cl)N1C2CCNCC1CC2. The Bertz CT molecular complexity index is 733. The molecule has 2 heterocycles. The number of rotatable bonds is 2. The molecule has 2 saturated heterocycles. The van der Waals surface area contributed by atoms with Crippen LogP contribution in [0.3, 0.4) is 0 Å². The summed E-state index contributed by atoms with van der Waals surface area (Å²) >= 11 is 6.39. The van der Waals surface area contributed by atoms with Crippen LogP contribution in [0.15, 0.2) is 48.5 Å². The van der Waals surface area contributed by atoms with E-state index in [1.165, 1.54) is 0 Å². The van der Waals surface area contributed by atoms with E-state index in [2.05, 4.69) is 22.3 Å². The van der Waals surface area contributed by atoms with Crippen molar-refractivity contribution in [1.29, 1.82) is 0 Å². The fourth-order valence-electron chi connectivity index (χ4n) is 3.95. The number of halogens is 1. The zero-order valence-electron chi connectivity index (χ0n) is 13.5. The fourth-order valence-corrected chi connectivity index (χ4v) is 4.15. The van der Waals surface area contributed by atoms with Crippen LogP contribution in [-0.2, 0) is 0 Å². The van der Waals surface area contributed by atoms with E-state index in [1.54, 1.807) is 0 Å². The van der Waals surface area contributed by atoms with E-state index in [4.69, 9.17) is 11.6 Å². The van der Waals surface area contributed by atoms with E-state index >= 15 is 0 Å². The Morgan fingerprint density at radius 2 is 1.79 bits per heavy atom. The monoisotopic (exact) mass is 340 g/mol. The summed E-state index contributed by atoms with van der Waals surface area (Å²) in [6.07, 6.45) is 3.21. The number of hydrogen-bond donors (Lipinski definition) is 1. The number of nitrogens with one attached hydrogen (secondary N) is 1. The Hall–Kier alpha value is -1.84. The van der Waals surface area contributed by atoms with Gasteiger partial charge in [0.05, 0.1) is 10.6 Å². The van der Waals surface area contributed by atoms with E-state index in [1.807, 2.05) is 36.4 Å². The number of hydrogen-bond acceptors (Lipinski definition) is 2. The lowest BCUT2D eigenvalue weighted by Crippen LogP contribution is -2.42. The molecule has 2 aliphatic heterocycles. The van der Waals surface area contributed by atoms with Crippen LogP contribution in [0.2, 0.25) is 5.02 Å². The minimum absolute atomic E-state index is 0.0778. The van der Waals surface area contributed by atoms with Gasteiger partial charge in [-0.3, -0.25) is 4.79 Å². The molecule has 2 fully saturated rings. The van der Waals surface area contributed by atoms with Crippen molar-refractivity contribution < 1.29 is 4.79 Å². The molecular formula is C20H21ClN2O. The molecule has 2 aromatic rings. The zero-order chi connectivity index (χ0) is 16.5. The van der Waals surface area contributed by atoms with Crippen molar-refractivity contribution in [3.05, 3.63) is 59.1 Å². The number of fused-ring (bicyclic) bond motifs is 2.